The van der Waals surface area contributed by atoms with Gasteiger partial charge in [0.2, 0.25) is 0 Å². The lowest BCUT2D eigenvalue weighted by atomic mass is 10.0. The molecule has 0 radical (unpaired) electrons. The molecule has 0 aliphatic heterocycles. The van der Waals surface area contributed by atoms with Crippen molar-refractivity contribution in [3.8, 4) is 0 Å². The van der Waals surface area contributed by atoms with Gasteiger partial charge in [-0.25, -0.2) is 8.78 Å². The predicted molar refractivity (Wildman–Crippen MR) is 72.3 cm³/mol. The highest BCUT2D eigenvalue weighted by molar-refractivity contribution is 5.99. The number of halogens is 2. The zero-order valence-electron chi connectivity index (χ0n) is 11.7. The molecule has 0 aromatic heterocycles. The van der Waals surface area contributed by atoms with Crippen molar-refractivity contribution in [2.45, 2.75) is 39.7 Å². The van der Waals surface area contributed by atoms with Crippen molar-refractivity contribution in [1.29, 1.82) is 0 Å². The standard InChI is InChI=1S/C15H21F2NO/c1-4-6-9-18(5-2)11(3)15(19)12-7-8-13(16)14(17)10-12/h7-8,10-11H,4-6,9H2,1-3H3. The molecule has 0 heterocycles. The van der Waals surface area contributed by atoms with Gasteiger partial charge in [0.25, 0.3) is 0 Å². The minimum absolute atomic E-state index is 0.170. The third-order valence-corrected chi connectivity index (χ3v) is 3.34. The maximum atomic E-state index is 13.1. The summed E-state index contributed by atoms with van der Waals surface area (Å²) in [7, 11) is 0. The van der Waals surface area contributed by atoms with Crippen molar-refractivity contribution >= 4 is 5.78 Å². The zero-order valence-corrected chi connectivity index (χ0v) is 11.7. The molecule has 1 rings (SSSR count). The fourth-order valence-electron chi connectivity index (χ4n) is 2.04. The fourth-order valence-corrected chi connectivity index (χ4v) is 2.04. The number of carbonyl (C=O) groups excluding carboxylic acids is 1. The predicted octanol–water partition coefficient (Wildman–Crippen LogP) is 3.66. The van der Waals surface area contributed by atoms with Gasteiger partial charge in [-0.05, 0) is 44.6 Å². The quantitative estimate of drug-likeness (QED) is 0.704. The minimum atomic E-state index is -0.977. The molecular weight excluding hydrogens is 248 g/mol. The van der Waals surface area contributed by atoms with Crippen LogP contribution in [-0.4, -0.2) is 29.8 Å². The van der Waals surface area contributed by atoms with Crippen LogP contribution in [0.1, 0.15) is 44.0 Å². The fraction of sp³-hybridized carbons (Fsp3) is 0.533. The lowest BCUT2D eigenvalue weighted by Gasteiger charge is -2.26. The van der Waals surface area contributed by atoms with Gasteiger partial charge in [-0.1, -0.05) is 20.3 Å². The summed E-state index contributed by atoms with van der Waals surface area (Å²) in [6, 6.07) is 2.99. The van der Waals surface area contributed by atoms with Crippen LogP contribution in [-0.2, 0) is 0 Å². The van der Waals surface area contributed by atoms with Gasteiger partial charge < -0.3 is 0 Å². The summed E-state index contributed by atoms with van der Waals surface area (Å²) in [6.07, 6.45) is 2.08. The average Bonchev–Trinajstić information content (AvgIpc) is 2.41. The normalized spacial score (nSPS) is 12.7. The third-order valence-electron chi connectivity index (χ3n) is 3.34. The molecule has 0 aliphatic rings. The molecule has 0 spiro atoms. The third kappa shape index (κ3) is 4.10. The molecule has 1 aromatic carbocycles. The van der Waals surface area contributed by atoms with Gasteiger partial charge in [0.15, 0.2) is 17.4 Å². The van der Waals surface area contributed by atoms with E-state index in [9.17, 15) is 13.6 Å². The minimum Gasteiger partial charge on any atom is -0.294 e. The van der Waals surface area contributed by atoms with E-state index in [-0.39, 0.29) is 17.4 Å². The van der Waals surface area contributed by atoms with Gasteiger partial charge in [-0.2, -0.15) is 0 Å². The molecule has 2 nitrogen and oxygen atoms in total. The largest absolute Gasteiger partial charge is 0.294 e. The number of hydrogen-bond donors (Lipinski definition) is 0. The molecule has 0 saturated carbocycles. The number of hydrogen-bond acceptors (Lipinski definition) is 2. The Bertz CT molecular complexity index is 434. The van der Waals surface area contributed by atoms with E-state index >= 15 is 0 Å². The average molecular weight is 269 g/mol. The second kappa shape index (κ2) is 7.34. The van der Waals surface area contributed by atoms with Crippen molar-refractivity contribution in [2.24, 2.45) is 0 Å². The Balaban J connectivity index is 2.82. The number of benzene rings is 1. The molecule has 0 amide bonds. The van der Waals surface area contributed by atoms with E-state index in [4.69, 9.17) is 0 Å². The first-order valence-corrected chi connectivity index (χ1v) is 6.74. The summed E-state index contributed by atoms with van der Waals surface area (Å²) in [6.45, 7) is 7.49. The molecule has 0 N–H and O–H groups in total. The van der Waals surface area contributed by atoms with Crippen LogP contribution in [0.2, 0.25) is 0 Å². The zero-order chi connectivity index (χ0) is 14.4. The van der Waals surface area contributed by atoms with Gasteiger partial charge in [-0.15, -0.1) is 0 Å². The molecule has 0 fully saturated rings. The number of likely N-dealkylation sites (N-methyl/N-ethyl adjacent to an activating group) is 1. The van der Waals surface area contributed by atoms with Crippen molar-refractivity contribution in [3.05, 3.63) is 35.4 Å². The molecule has 1 unspecified atom stereocenters. The van der Waals surface area contributed by atoms with E-state index in [1.54, 1.807) is 0 Å². The maximum Gasteiger partial charge on any atom is 0.179 e. The second-order valence-electron chi connectivity index (χ2n) is 4.65. The van der Waals surface area contributed by atoms with Crippen LogP contribution in [0.5, 0.6) is 0 Å². The van der Waals surface area contributed by atoms with Crippen molar-refractivity contribution in [2.75, 3.05) is 13.1 Å². The maximum absolute atomic E-state index is 13.1. The number of ketones is 1. The lowest BCUT2D eigenvalue weighted by Crippen LogP contribution is -2.39. The van der Waals surface area contributed by atoms with Crippen molar-refractivity contribution in [1.82, 2.24) is 4.90 Å². The van der Waals surface area contributed by atoms with Crippen LogP contribution in [0.3, 0.4) is 0 Å². The Morgan fingerprint density at radius 3 is 2.47 bits per heavy atom. The summed E-state index contributed by atoms with van der Waals surface area (Å²) >= 11 is 0. The van der Waals surface area contributed by atoms with E-state index in [1.807, 2.05) is 18.7 Å². The van der Waals surface area contributed by atoms with Gasteiger partial charge >= 0.3 is 0 Å². The topological polar surface area (TPSA) is 20.3 Å². The van der Waals surface area contributed by atoms with Gasteiger partial charge in [0.1, 0.15) is 0 Å². The van der Waals surface area contributed by atoms with Crippen LogP contribution >= 0.6 is 0 Å². The number of nitrogens with zero attached hydrogens (tertiary/aromatic N) is 1. The molecule has 106 valence electrons. The first kappa shape index (κ1) is 15.8. The highest BCUT2D eigenvalue weighted by Gasteiger charge is 2.21. The SMILES string of the molecule is CCCCN(CC)C(C)C(=O)c1ccc(F)c(F)c1. The van der Waals surface area contributed by atoms with E-state index < -0.39 is 11.6 Å². The first-order chi connectivity index (χ1) is 9.01. The van der Waals surface area contributed by atoms with Gasteiger partial charge in [-0.3, -0.25) is 9.69 Å². The van der Waals surface area contributed by atoms with Crippen molar-refractivity contribution in [3.63, 3.8) is 0 Å². The Labute approximate surface area is 113 Å². The molecule has 0 saturated heterocycles. The Kier molecular flexibility index (Phi) is 6.09. The van der Waals surface area contributed by atoms with Crippen LogP contribution in [0.4, 0.5) is 8.78 Å². The smallest absolute Gasteiger partial charge is 0.179 e. The van der Waals surface area contributed by atoms with Crippen LogP contribution in [0.15, 0.2) is 18.2 Å². The van der Waals surface area contributed by atoms with E-state index in [1.165, 1.54) is 6.07 Å². The first-order valence-electron chi connectivity index (χ1n) is 6.74. The number of Topliss-reactive ketones (excluding diaryl/α,β-unsaturated/α-hetero) is 1. The highest BCUT2D eigenvalue weighted by atomic mass is 19.2. The number of unbranched alkanes of at least 4 members (excludes halogenated alkanes) is 1. The second-order valence-corrected chi connectivity index (χ2v) is 4.65. The molecule has 1 atom stereocenters. The summed E-state index contributed by atoms with van der Waals surface area (Å²) in [5, 5.41) is 0. The van der Waals surface area contributed by atoms with Gasteiger partial charge in [0, 0.05) is 5.56 Å². The molecule has 0 bridgehead atoms. The highest BCUT2D eigenvalue weighted by Crippen LogP contribution is 2.13. The molecule has 4 heteroatoms. The number of carbonyl (C=O) groups is 1. The Morgan fingerprint density at radius 2 is 1.95 bits per heavy atom. The van der Waals surface area contributed by atoms with Crippen LogP contribution in [0, 0.1) is 11.6 Å². The van der Waals surface area contributed by atoms with Gasteiger partial charge in [0.05, 0.1) is 6.04 Å². The summed E-state index contributed by atoms with van der Waals surface area (Å²) in [5.74, 6) is -2.07. The molecular formula is C15H21F2NO. The van der Waals surface area contributed by atoms with E-state index in [0.717, 1.165) is 38.1 Å². The molecule has 0 aliphatic carbocycles. The number of rotatable bonds is 7. The molecule has 19 heavy (non-hydrogen) atoms. The van der Waals surface area contributed by atoms with E-state index in [2.05, 4.69) is 6.92 Å². The monoisotopic (exact) mass is 269 g/mol. The van der Waals surface area contributed by atoms with Crippen LogP contribution in [0.25, 0.3) is 0 Å². The van der Waals surface area contributed by atoms with Crippen molar-refractivity contribution < 1.29 is 13.6 Å². The Hall–Kier alpha value is -1.29. The Morgan fingerprint density at radius 1 is 1.26 bits per heavy atom. The summed E-state index contributed by atoms with van der Waals surface area (Å²) in [5.41, 5.74) is 0.223. The van der Waals surface area contributed by atoms with E-state index in [0.29, 0.717) is 0 Å². The van der Waals surface area contributed by atoms with Crippen LogP contribution < -0.4 is 0 Å². The molecule has 1 aromatic rings. The summed E-state index contributed by atoms with van der Waals surface area (Å²) in [4.78, 5) is 14.3. The summed E-state index contributed by atoms with van der Waals surface area (Å²) < 4.78 is 26.0. The lowest BCUT2D eigenvalue weighted by molar-refractivity contribution is 0.0842.